The van der Waals surface area contributed by atoms with Crippen molar-refractivity contribution in [2.75, 3.05) is 6.54 Å². The van der Waals surface area contributed by atoms with E-state index in [4.69, 9.17) is 0 Å². The van der Waals surface area contributed by atoms with Crippen LogP contribution in [-0.4, -0.2) is 26.3 Å². The van der Waals surface area contributed by atoms with Crippen molar-refractivity contribution in [3.63, 3.8) is 0 Å². The normalized spacial score (nSPS) is 10.8. The monoisotopic (exact) mass is 259 g/mol. The molecule has 0 aliphatic carbocycles. The predicted molar refractivity (Wildman–Crippen MR) is 75.1 cm³/mol. The largest absolute Gasteiger partial charge is 0.313 e. The van der Waals surface area contributed by atoms with Crippen LogP contribution < -0.4 is 5.32 Å². The summed E-state index contributed by atoms with van der Waals surface area (Å²) in [6, 6.07) is 4.24. The van der Waals surface area contributed by atoms with Crippen LogP contribution in [0.3, 0.4) is 0 Å². The molecule has 0 aliphatic heterocycles. The summed E-state index contributed by atoms with van der Waals surface area (Å²) in [4.78, 5) is 8.60. The Kier molecular flexibility index (Phi) is 5.03. The van der Waals surface area contributed by atoms with Gasteiger partial charge in [-0.25, -0.2) is 14.6 Å². The van der Waals surface area contributed by atoms with Crippen molar-refractivity contribution in [1.29, 1.82) is 0 Å². The van der Waals surface area contributed by atoms with Gasteiger partial charge in [0.1, 0.15) is 12.7 Å². The average Bonchev–Trinajstić information content (AvgIpc) is 2.93. The summed E-state index contributed by atoms with van der Waals surface area (Å²) < 4.78 is 1.71. The highest BCUT2D eigenvalue weighted by atomic mass is 15.3. The van der Waals surface area contributed by atoms with Gasteiger partial charge in [-0.05, 0) is 37.1 Å². The molecule has 2 rings (SSSR count). The molecule has 19 heavy (non-hydrogen) atoms. The second-order valence-electron chi connectivity index (χ2n) is 4.59. The third-order valence-corrected chi connectivity index (χ3v) is 2.84. The fourth-order valence-electron chi connectivity index (χ4n) is 1.97. The predicted octanol–water partition coefficient (Wildman–Crippen LogP) is 2.11. The van der Waals surface area contributed by atoms with Crippen LogP contribution in [0, 0.1) is 0 Å². The molecule has 2 aromatic rings. The van der Waals surface area contributed by atoms with E-state index in [2.05, 4.69) is 46.4 Å². The fraction of sp³-hybridized carbons (Fsp3) is 0.500. The van der Waals surface area contributed by atoms with E-state index in [1.807, 2.05) is 0 Å². The lowest BCUT2D eigenvalue weighted by atomic mass is 10.1. The Labute approximate surface area is 114 Å². The highest BCUT2D eigenvalue weighted by Crippen LogP contribution is 2.11. The molecule has 0 saturated heterocycles. The van der Waals surface area contributed by atoms with E-state index in [1.54, 1.807) is 11.0 Å². The fourth-order valence-corrected chi connectivity index (χ4v) is 1.97. The Hall–Kier alpha value is -1.75. The molecule has 0 fully saturated rings. The van der Waals surface area contributed by atoms with Crippen LogP contribution in [0.25, 0.3) is 5.82 Å². The molecule has 5 nitrogen and oxygen atoms in total. The molecule has 0 atom stereocenters. The summed E-state index contributed by atoms with van der Waals surface area (Å²) in [5.41, 5.74) is 2.36. The molecule has 1 N–H and O–H groups in total. The zero-order chi connectivity index (χ0) is 13.5. The van der Waals surface area contributed by atoms with Crippen LogP contribution in [0.5, 0.6) is 0 Å². The average molecular weight is 259 g/mol. The van der Waals surface area contributed by atoms with E-state index >= 15 is 0 Å². The highest BCUT2D eigenvalue weighted by molar-refractivity contribution is 5.30. The Morgan fingerprint density at radius 1 is 1.21 bits per heavy atom. The van der Waals surface area contributed by atoms with Gasteiger partial charge in [0.15, 0.2) is 5.82 Å². The minimum atomic E-state index is 0.844. The molecule has 0 bridgehead atoms. The second-order valence-corrected chi connectivity index (χ2v) is 4.59. The summed E-state index contributed by atoms with van der Waals surface area (Å²) in [6.45, 7) is 6.24. The second kappa shape index (κ2) is 6.99. The first kappa shape index (κ1) is 13.7. The number of rotatable bonds is 7. The summed E-state index contributed by atoms with van der Waals surface area (Å²) in [6.07, 6.45) is 6.44. The van der Waals surface area contributed by atoms with Gasteiger partial charge in [-0.3, -0.25) is 0 Å². The van der Waals surface area contributed by atoms with Gasteiger partial charge < -0.3 is 5.32 Å². The maximum atomic E-state index is 4.63. The molecule has 2 heterocycles. The minimum absolute atomic E-state index is 0.844. The van der Waals surface area contributed by atoms with Crippen molar-refractivity contribution >= 4 is 0 Å². The van der Waals surface area contributed by atoms with Gasteiger partial charge in [0.25, 0.3) is 0 Å². The lowest BCUT2D eigenvalue weighted by Gasteiger charge is -2.09. The van der Waals surface area contributed by atoms with E-state index in [1.165, 1.54) is 11.9 Å². The van der Waals surface area contributed by atoms with Crippen LogP contribution in [0.2, 0.25) is 0 Å². The molecule has 0 spiro atoms. The van der Waals surface area contributed by atoms with E-state index < -0.39 is 0 Å². The highest BCUT2D eigenvalue weighted by Gasteiger charge is 2.05. The maximum Gasteiger partial charge on any atom is 0.155 e. The topological polar surface area (TPSA) is 55.6 Å². The lowest BCUT2D eigenvalue weighted by molar-refractivity contribution is 0.672. The number of nitrogens with zero attached hydrogens (tertiary/aromatic N) is 4. The molecule has 0 aromatic carbocycles. The minimum Gasteiger partial charge on any atom is -0.313 e. The van der Waals surface area contributed by atoms with Crippen molar-refractivity contribution in [2.24, 2.45) is 0 Å². The van der Waals surface area contributed by atoms with E-state index in [0.717, 1.165) is 43.9 Å². The first-order valence-corrected chi connectivity index (χ1v) is 6.89. The van der Waals surface area contributed by atoms with Crippen LogP contribution in [-0.2, 0) is 13.0 Å². The zero-order valence-electron chi connectivity index (χ0n) is 11.6. The summed E-state index contributed by atoms with van der Waals surface area (Å²) in [5.74, 6) is 0.844. The summed E-state index contributed by atoms with van der Waals surface area (Å²) in [5, 5.41) is 7.57. The van der Waals surface area contributed by atoms with Crippen molar-refractivity contribution in [3.8, 4) is 5.82 Å². The molecular formula is C14H21N5. The van der Waals surface area contributed by atoms with Crippen LogP contribution in [0.15, 0.2) is 24.8 Å². The van der Waals surface area contributed by atoms with Crippen molar-refractivity contribution < 1.29 is 0 Å². The summed E-state index contributed by atoms with van der Waals surface area (Å²) in [7, 11) is 0. The number of nitrogens with one attached hydrogen (secondary N) is 1. The molecule has 0 amide bonds. The van der Waals surface area contributed by atoms with Gasteiger partial charge in [0.2, 0.25) is 0 Å². The third-order valence-electron chi connectivity index (χ3n) is 2.84. The van der Waals surface area contributed by atoms with Crippen LogP contribution >= 0.6 is 0 Å². The zero-order valence-corrected chi connectivity index (χ0v) is 11.6. The van der Waals surface area contributed by atoms with Gasteiger partial charge in [0, 0.05) is 12.2 Å². The van der Waals surface area contributed by atoms with Crippen molar-refractivity contribution in [2.45, 2.75) is 39.7 Å². The lowest BCUT2D eigenvalue weighted by Crippen LogP contribution is -2.15. The van der Waals surface area contributed by atoms with Crippen LogP contribution in [0.4, 0.5) is 0 Å². The third kappa shape index (κ3) is 3.86. The van der Waals surface area contributed by atoms with E-state index in [0.29, 0.717) is 0 Å². The van der Waals surface area contributed by atoms with Crippen LogP contribution in [0.1, 0.15) is 37.9 Å². The van der Waals surface area contributed by atoms with Gasteiger partial charge >= 0.3 is 0 Å². The molecule has 0 unspecified atom stereocenters. The summed E-state index contributed by atoms with van der Waals surface area (Å²) >= 11 is 0. The Bertz CT molecular complexity index is 493. The molecular weight excluding hydrogens is 238 g/mol. The number of hydrogen-bond donors (Lipinski definition) is 1. The molecule has 0 saturated carbocycles. The smallest absolute Gasteiger partial charge is 0.155 e. The Morgan fingerprint density at radius 3 is 2.79 bits per heavy atom. The van der Waals surface area contributed by atoms with Crippen molar-refractivity contribution in [3.05, 3.63) is 36.0 Å². The molecule has 5 heteroatoms. The standard InChI is InChI=1S/C14H21N5/c1-3-5-13-7-12(9-15-6-4-2)8-14(18-13)19-11-16-10-17-19/h7-8,10-11,15H,3-6,9H2,1-2H3. The number of hydrogen-bond acceptors (Lipinski definition) is 4. The maximum absolute atomic E-state index is 4.63. The van der Waals surface area contributed by atoms with Gasteiger partial charge in [0.05, 0.1) is 0 Å². The number of aromatic nitrogens is 4. The molecule has 0 aliphatic rings. The first-order chi connectivity index (χ1) is 9.33. The Balaban J connectivity index is 2.22. The first-order valence-electron chi connectivity index (χ1n) is 6.89. The quantitative estimate of drug-likeness (QED) is 0.774. The molecule has 102 valence electrons. The van der Waals surface area contributed by atoms with E-state index in [9.17, 15) is 0 Å². The van der Waals surface area contributed by atoms with Crippen molar-refractivity contribution in [1.82, 2.24) is 25.1 Å². The van der Waals surface area contributed by atoms with E-state index in [-0.39, 0.29) is 0 Å². The van der Waals surface area contributed by atoms with Gasteiger partial charge in [-0.15, -0.1) is 0 Å². The Morgan fingerprint density at radius 2 is 2.11 bits per heavy atom. The number of aryl methyl sites for hydroxylation is 1. The SMILES string of the molecule is CCCNCc1cc(CCC)nc(-n2cncn2)c1. The molecule has 2 aromatic heterocycles. The number of pyridine rings is 1. The van der Waals surface area contributed by atoms with Gasteiger partial charge in [-0.1, -0.05) is 20.3 Å². The van der Waals surface area contributed by atoms with Gasteiger partial charge in [-0.2, -0.15) is 5.10 Å². The molecule has 0 radical (unpaired) electrons.